The van der Waals surface area contributed by atoms with Crippen LogP contribution < -0.4 is 4.74 Å². The Kier molecular flexibility index (Phi) is 12.9. The highest BCUT2D eigenvalue weighted by atomic mass is 19.4. The fourth-order valence-corrected chi connectivity index (χ4v) is 3.92. The lowest BCUT2D eigenvalue weighted by atomic mass is 10.1. The van der Waals surface area contributed by atoms with E-state index in [9.17, 15) is 65.9 Å². The molecular weight excluding hydrogens is 681 g/mol. The van der Waals surface area contributed by atoms with Crippen molar-refractivity contribution in [3.63, 3.8) is 0 Å². The van der Waals surface area contributed by atoms with Crippen LogP contribution in [0.3, 0.4) is 0 Å². The SMILES string of the molecule is CCCCCCCCCCc1cnc(-c2ccc(OCC(F)(F)C(F)(F)C(F)(F)OC(F)(F)C(F)(F)C(F)(F)C(F)(F)F)cc2)nc1. The summed E-state index contributed by atoms with van der Waals surface area (Å²) >= 11 is 0. The first-order valence-corrected chi connectivity index (χ1v) is 14.0. The van der Waals surface area contributed by atoms with E-state index in [1.54, 1.807) is 17.1 Å². The zero-order valence-electron chi connectivity index (χ0n) is 24.4. The summed E-state index contributed by atoms with van der Waals surface area (Å²) in [6, 6.07) is 4.01. The second kappa shape index (κ2) is 15.1. The molecule has 0 bridgehead atoms. The quantitative estimate of drug-likeness (QED) is 0.108. The van der Waals surface area contributed by atoms with Gasteiger partial charge in [0.05, 0.1) is 0 Å². The van der Waals surface area contributed by atoms with E-state index in [-0.39, 0.29) is 11.4 Å². The summed E-state index contributed by atoms with van der Waals surface area (Å²) in [5.74, 6) is -29.8. The van der Waals surface area contributed by atoms with Gasteiger partial charge in [-0.3, -0.25) is 0 Å². The standard InChI is InChI=1S/C28H29F15N2O2/c1-2-3-4-5-6-7-8-9-10-18-15-44-21(45-16-18)19-11-13-20(14-12-19)46-17-22(29,30)23(31,32)27(40,41)47-28(42,43)25(35,36)24(33,34)26(37,38)39/h11-16H,2-10,17H2,1H3. The molecule has 2 rings (SSSR count). The molecule has 47 heavy (non-hydrogen) atoms. The van der Waals surface area contributed by atoms with Gasteiger partial charge in [0.1, 0.15) is 5.75 Å². The number of halogens is 15. The van der Waals surface area contributed by atoms with Gasteiger partial charge in [0.2, 0.25) is 0 Å². The second-order valence-electron chi connectivity index (χ2n) is 10.5. The van der Waals surface area contributed by atoms with E-state index < -0.39 is 54.4 Å². The van der Waals surface area contributed by atoms with Crippen LogP contribution in [0.2, 0.25) is 0 Å². The smallest absolute Gasteiger partial charge is 0.460 e. The van der Waals surface area contributed by atoms with E-state index in [0.717, 1.165) is 61.9 Å². The molecule has 0 aliphatic carbocycles. The number of benzene rings is 1. The van der Waals surface area contributed by atoms with Crippen LogP contribution in [-0.4, -0.2) is 58.7 Å². The lowest BCUT2D eigenvalue weighted by Crippen LogP contribution is -2.66. The lowest BCUT2D eigenvalue weighted by Gasteiger charge is -2.37. The van der Waals surface area contributed by atoms with Crippen LogP contribution in [0.15, 0.2) is 36.7 Å². The molecule has 4 nitrogen and oxygen atoms in total. The molecule has 0 atom stereocenters. The summed E-state index contributed by atoms with van der Waals surface area (Å²) in [6.45, 7) is -0.613. The van der Waals surface area contributed by atoms with Gasteiger partial charge in [0.25, 0.3) is 0 Å². The highest BCUT2D eigenvalue weighted by Gasteiger charge is 2.86. The van der Waals surface area contributed by atoms with Crippen molar-refractivity contribution in [1.29, 1.82) is 0 Å². The molecule has 1 aromatic heterocycles. The molecule has 1 heterocycles. The summed E-state index contributed by atoms with van der Waals surface area (Å²) in [5.41, 5.74) is 1.09. The number of alkyl halides is 15. The molecule has 1 aromatic carbocycles. The van der Waals surface area contributed by atoms with Crippen molar-refractivity contribution in [2.75, 3.05) is 6.61 Å². The molecule has 0 unspecified atom stereocenters. The maximum absolute atomic E-state index is 14.0. The van der Waals surface area contributed by atoms with E-state index in [1.165, 1.54) is 19.3 Å². The Morgan fingerprint density at radius 2 is 1.04 bits per heavy atom. The zero-order chi connectivity index (χ0) is 36.0. The van der Waals surface area contributed by atoms with Crippen molar-refractivity contribution < 1.29 is 75.3 Å². The first-order valence-electron chi connectivity index (χ1n) is 14.0. The Morgan fingerprint density at radius 3 is 1.53 bits per heavy atom. The minimum atomic E-state index is -7.94. The maximum Gasteiger partial charge on any atom is 0.460 e. The van der Waals surface area contributed by atoms with E-state index in [4.69, 9.17) is 0 Å². The molecule has 0 saturated carbocycles. The Balaban J connectivity index is 2.01. The normalized spacial score (nSPS) is 14.0. The number of aromatic nitrogens is 2. The van der Waals surface area contributed by atoms with Crippen LogP contribution in [0, 0.1) is 0 Å². The number of rotatable bonds is 19. The van der Waals surface area contributed by atoms with Gasteiger partial charge in [0, 0.05) is 18.0 Å². The molecule has 0 spiro atoms. The predicted octanol–water partition coefficient (Wildman–Crippen LogP) is 10.5. The number of hydrogen-bond acceptors (Lipinski definition) is 4. The minimum absolute atomic E-state index is 0.138. The fraction of sp³-hybridized carbons (Fsp3) is 0.643. The van der Waals surface area contributed by atoms with E-state index in [0.29, 0.717) is 6.42 Å². The molecule has 268 valence electrons. The van der Waals surface area contributed by atoms with Gasteiger partial charge in [-0.05, 0) is 42.7 Å². The largest absolute Gasteiger partial charge is 0.487 e. The average molecular weight is 711 g/mol. The van der Waals surface area contributed by atoms with Crippen LogP contribution in [0.1, 0.15) is 63.9 Å². The van der Waals surface area contributed by atoms with Crippen LogP contribution in [0.5, 0.6) is 5.75 Å². The van der Waals surface area contributed by atoms with Gasteiger partial charge in [-0.15, -0.1) is 0 Å². The number of ether oxygens (including phenoxy) is 2. The van der Waals surface area contributed by atoms with Crippen LogP contribution in [0.25, 0.3) is 11.4 Å². The van der Waals surface area contributed by atoms with Crippen molar-refractivity contribution in [3.8, 4) is 17.1 Å². The van der Waals surface area contributed by atoms with Gasteiger partial charge in [-0.2, -0.15) is 65.9 Å². The third-order valence-electron chi connectivity index (χ3n) is 6.75. The number of nitrogens with zero attached hydrogens (tertiary/aromatic N) is 2. The third kappa shape index (κ3) is 9.34. The Labute approximate surface area is 258 Å². The van der Waals surface area contributed by atoms with E-state index in [2.05, 4.69) is 21.6 Å². The molecule has 2 aromatic rings. The van der Waals surface area contributed by atoms with Gasteiger partial charge in [0.15, 0.2) is 12.4 Å². The van der Waals surface area contributed by atoms with Crippen molar-refractivity contribution >= 4 is 0 Å². The first kappa shape index (κ1) is 40.2. The summed E-state index contributed by atoms with van der Waals surface area (Å²) in [6.07, 6.45) is -9.95. The second-order valence-corrected chi connectivity index (χ2v) is 10.5. The molecule has 0 aliphatic heterocycles. The molecule has 0 fully saturated rings. The number of aryl methyl sites for hydroxylation is 1. The summed E-state index contributed by atoms with van der Waals surface area (Å²) in [7, 11) is 0. The summed E-state index contributed by atoms with van der Waals surface area (Å²) in [4.78, 5) is 8.31. The van der Waals surface area contributed by atoms with Crippen molar-refractivity contribution in [1.82, 2.24) is 9.97 Å². The summed E-state index contributed by atoms with van der Waals surface area (Å²) in [5, 5.41) is 0. The highest BCUT2D eigenvalue weighted by molar-refractivity contribution is 5.55. The monoisotopic (exact) mass is 710 g/mol. The Hall–Kier alpha value is -2.99. The van der Waals surface area contributed by atoms with Gasteiger partial charge in [-0.25, -0.2) is 14.7 Å². The molecule has 19 heteroatoms. The van der Waals surface area contributed by atoms with E-state index >= 15 is 0 Å². The van der Waals surface area contributed by atoms with E-state index in [1.807, 2.05) is 0 Å². The molecule has 0 aliphatic rings. The summed E-state index contributed by atoms with van der Waals surface area (Å²) < 4.78 is 204. The van der Waals surface area contributed by atoms with Crippen LogP contribution in [-0.2, 0) is 11.2 Å². The molecule has 0 N–H and O–H groups in total. The third-order valence-corrected chi connectivity index (χ3v) is 6.75. The van der Waals surface area contributed by atoms with Crippen LogP contribution in [0.4, 0.5) is 65.9 Å². The highest BCUT2D eigenvalue weighted by Crippen LogP contribution is 2.57. The minimum Gasteiger partial charge on any atom is -0.487 e. The fourth-order valence-electron chi connectivity index (χ4n) is 3.92. The topological polar surface area (TPSA) is 44.2 Å². The van der Waals surface area contributed by atoms with Gasteiger partial charge < -0.3 is 4.74 Å². The number of hydrogen-bond donors (Lipinski definition) is 0. The first-order chi connectivity index (χ1) is 21.4. The predicted molar refractivity (Wildman–Crippen MR) is 136 cm³/mol. The molecule has 0 amide bonds. The molecule has 0 radical (unpaired) electrons. The van der Waals surface area contributed by atoms with Crippen molar-refractivity contribution in [3.05, 3.63) is 42.2 Å². The molecular formula is C28H29F15N2O2. The average Bonchev–Trinajstić information content (AvgIpc) is 2.96. The van der Waals surface area contributed by atoms with Crippen molar-refractivity contribution in [2.45, 2.75) is 107 Å². The maximum atomic E-state index is 14.0. The Bertz CT molecular complexity index is 1250. The lowest BCUT2D eigenvalue weighted by molar-refractivity contribution is -0.513. The molecule has 0 saturated heterocycles. The number of unbranched alkanes of at least 4 members (excludes halogenated alkanes) is 7. The van der Waals surface area contributed by atoms with Crippen LogP contribution >= 0.6 is 0 Å². The zero-order valence-corrected chi connectivity index (χ0v) is 24.4. The van der Waals surface area contributed by atoms with Crippen molar-refractivity contribution in [2.24, 2.45) is 0 Å². The van der Waals surface area contributed by atoms with Gasteiger partial charge in [-0.1, -0.05) is 51.9 Å². The Morgan fingerprint density at radius 1 is 0.574 bits per heavy atom. The van der Waals surface area contributed by atoms with Gasteiger partial charge >= 0.3 is 42.1 Å².